The number of nitriles is 1. The predicted octanol–water partition coefficient (Wildman–Crippen LogP) is 1.47. The van der Waals surface area contributed by atoms with Gasteiger partial charge in [-0.2, -0.15) is 35.5 Å². The average molecular weight is 532 g/mol. The van der Waals surface area contributed by atoms with Crippen LogP contribution in [0.1, 0.15) is 30.4 Å². The van der Waals surface area contributed by atoms with Crippen LogP contribution in [0.15, 0.2) is 18.2 Å². The SMILES string of the molecule is N#CC1CN(S(=O)(=O)N2CC[C@H](C(=O)N3CCC[C@@H]3C(=O)NCc3ccc(C(F)(F)F)cc3F)C2)C1. The fourth-order valence-corrected chi connectivity index (χ4v) is 6.48. The van der Waals surface area contributed by atoms with Gasteiger partial charge in [-0.1, -0.05) is 6.07 Å². The lowest BCUT2D eigenvalue weighted by Gasteiger charge is -2.36. The number of likely N-dealkylation sites (tertiary alicyclic amines) is 1. The first-order valence-corrected chi connectivity index (χ1v) is 12.9. The van der Waals surface area contributed by atoms with Crippen LogP contribution in [-0.2, 0) is 32.5 Å². The van der Waals surface area contributed by atoms with E-state index in [9.17, 15) is 35.6 Å². The van der Waals surface area contributed by atoms with Gasteiger partial charge < -0.3 is 10.2 Å². The maximum atomic E-state index is 14.1. The molecular formula is C22H25F4N5O4S. The van der Waals surface area contributed by atoms with Crippen LogP contribution in [0.25, 0.3) is 0 Å². The number of alkyl halides is 3. The summed E-state index contributed by atoms with van der Waals surface area (Å²) in [7, 11) is -3.76. The molecule has 2 atom stereocenters. The second-order valence-electron chi connectivity index (χ2n) is 9.21. The highest BCUT2D eigenvalue weighted by molar-refractivity contribution is 7.86. The zero-order valence-corrected chi connectivity index (χ0v) is 20.0. The highest BCUT2D eigenvalue weighted by Crippen LogP contribution is 2.31. The lowest BCUT2D eigenvalue weighted by molar-refractivity contribution is -0.141. The molecule has 14 heteroatoms. The molecule has 0 aliphatic carbocycles. The number of hydrogen-bond acceptors (Lipinski definition) is 5. The van der Waals surface area contributed by atoms with E-state index >= 15 is 0 Å². The van der Waals surface area contributed by atoms with Crippen LogP contribution in [0.4, 0.5) is 17.6 Å². The highest BCUT2D eigenvalue weighted by atomic mass is 32.2. The average Bonchev–Trinajstić information content (AvgIpc) is 3.46. The lowest BCUT2D eigenvalue weighted by atomic mass is 10.1. The van der Waals surface area contributed by atoms with E-state index in [0.717, 1.165) is 12.1 Å². The minimum Gasteiger partial charge on any atom is -0.350 e. The number of hydrogen-bond donors (Lipinski definition) is 1. The largest absolute Gasteiger partial charge is 0.416 e. The van der Waals surface area contributed by atoms with Crippen LogP contribution >= 0.6 is 0 Å². The first kappa shape index (κ1) is 26.3. The zero-order valence-electron chi connectivity index (χ0n) is 19.2. The standard InChI is InChI=1S/C22H25F4N5O4S/c23-18-8-17(22(24,25)26)4-3-15(18)10-28-20(32)19-2-1-6-31(19)21(33)16-5-7-29(13-16)36(34,35)30-11-14(9-27)12-30/h3-4,8,14,16,19H,1-2,5-7,10-13H2,(H,28,32)/t16-,19+/m0/s1. The van der Waals surface area contributed by atoms with Crippen LogP contribution in [0.3, 0.4) is 0 Å². The summed E-state index contributed by atoms with van der Waals surface area (Å²) in [6.07, 6.45) is -3.46. The van der Waals surface area contributed by atoms with E-state index in [0.29, 0.717) is 31.9 Å². The van der Waals surface area contributed by atoms with E-state index in [1.54, 1.807) is 0 Å². The van der Waals surface area contributed by atoms with E-state index in [4.69, 9.17) is 5.26 Å². The molecule has 9 nitrogen and oxygen atoms in total. The van der Waals surface area contributed by atoms with Gasteiger partial charge in [0.1, 0.15) is 11.9 Å². The third-order valence-electron chi connectivity index (χ3n) is 6.86. The van der Waals surface area contributed by atoms with Gasteiger partial charge in [-0.25, -0.2) is 4.39 Å². The van der Waals surface area contributed by atoms with E-state index in [-0.39, 0.29) is 50.1 Å². The summed E-state index contributed by atoms with van der Waals surface area (Å²) in [6.45, 7) is 0.367. The molecule has 3 saturated heterocycles. The van der Waals surface area contributed by atoms with Crippen molar-refractivity contribution in [2.45, 2.75) is 38.0 Å². The molecular weight excluding hydrogens is 506 g/mol. The van der Waals surface area contributed by atoms with E-state index in [1.165, 1.54) is 13.5 Å². The third-order valence-corrected chi connectivity index (χ3v) is 8.79. The van der Waals surface area contributed by atoms with Crippen molar-refractivity contribution in [3.63, 3.8) is 0 Å². The molecule has 3 fully saturated rings. The lowest BCUT2D eigenvalue weighted by Crippen LogP contribution is -2.54. The summed E-state index contributed by atoms with van der Waals surface area (Å²) < 4.78 is 80.1. The fourth-order valence-electron chi connectivity index (χ4n) is 4.72. The molecule has 1 N–H and O–H groups in total. The molecule has 0 spiro atoms. The number of rotatable bonds is 6. The van der Waals surface area contributed by atoms with Crippen LogP contribution in [0.5, 0.6) is 0 Å². The van der Waals surface area contributed by atoms with Crippen LogP contribution in [-0.4, -0.2) is 72.5 Å². The number of carbonyl (C=O) groups is 2. The molecule has 1 aromatic carbocycles. The van der Waals surface area contributed by atoms with Gasteiger partial charge in [0, 0.05) is 44.8 Å². The van der Waals surface area contributed by atoms with Gasteiger partial charge in [0.2, 0.25) is 11.8 Å². The normalized spacial score (nSPS) is 23.9. The van der Waals surface area contributed by atoms with Crippen LogP contribution < -0.4 is 5.32 Å². The maximum absolute atomic E-state index is 14.1. The first-order chi connectivity index (χ1) is 16.9. The Bertz CT molecular complexity index is 1180. The molecule has 2 amide bonds. The van der Waals surface area contributed by atoms with Gasteiger partial charge in [-0.3, -0.25) is 9.59 Å². The van der Waals surface area contributed by atoms with E-state index in [1.807, 2.05) is 6.07 Å². The van der Waals surface area contributed by atoms with E-state index < -0.39 is 45.6 Å². The molecule has 1 aromatic rings. The molecule has 0 aromatic heterocycles. The molecule has 3 aliphatic heterocycles. The van der Waals surface area contributed by atoms with Gasteiger partial charge in [0.15, 0.2) is 0 Å². The van der Waals surface area contributed by atoms with Crippen molar-refractivity contribution >= 4 is 22.0 Å². The molecule has 196 valence electrons. The smallest absolute Gasteiger partial charge is 0.350 e. The molecule has 0 saturated carbocycles. The molecule has 0 unspecified atom stereocenters. The first-order valence-electron chi connectivity index (χ1n) is 11.5. The number of halogens is 4. The zero-order chi connectivity index (χ0) is 26.3. The van der Waals surface area contributed by atoms with Gasteiger partial charge in [-0.15, -0.1) is 0 Å². The number of benzene rings is 1. The number of carbonyl (C=O) groups excluding carboxylic acids is 2. The Hall–Kier alpha value is -2.76. The Labute approximate surface area is 205 Å². The summed E-state index contributed by atoms with van der Waals surface area (Å²) in [5, 5.41) is 11.4. The van der Waals surface area contributed by atoms with Crippen molar-refractivity contribution in [1.82, 2.24) is 18.8 Å². The number of amides is 2. The summed E-state index contributed by atoms with van der Waals surface area (Å²) in [4.78, 5) is 27.3. The molecule has 0 bridgehead atoms. The summed E-state index contributed by atoms with van der Waals surface area (Å²) in [5.74, 6) is -2.94. The number of nitrogens with one attached hydrogen (secondary N) is 1. The fraction of sp³-hybridized carbons (Fsp3) is 0.591. The Morgan fingerprint density at radius 3 is 2.47 bits per heavy atom. The molecule has 3 aliphatic rings. The molecule has 4 rings (SSSR count). The second kappa shape index (κ2) is 9.95. The van der Waals surface area contributed by atoms with Gasteiger partial charge >= 0.3 is 6.18 Å². The van der Waals surface area contributed by atoms with Crippen molar-refractivity contribution in [1.29, 1.82) is 5.26 Å². The number of nitrogens with zero attached hydrogens (tertiary/aromatic N) is 4. The Balaban J connectivity index is 1.34. The van der Waals surface area contributed by atoms with Crippen molar-refractivity contribution in [2.75, 3.05) is 32.7 Å². The molecule has 0 radical (unpaired) electrons. The Kier molecular flexibility index (Phi) is 7.27. The molecule has 36 heavy (non-hydrogen) atoms. The third kappa shape index (κ3) is 5.18. The van der Waals surface area contributed by atoms with Gasteiger partial charge in [0.05, 0.1) is 23.5 Å². The Morgan fingerprint density at radius 1 is 1.11 bits per heavy atom. The topological polar surface area (TPSA) is 114 Å². The second-order valence-corrected chi connectivity index (χ2v) is 11.1. The van der Waals surface area contributed by atoms with E-state index in [2.05, 4.69) is 5.32 Å². The summed E-state index contributed by atoms with van der Waals surface area (Å²) >= 11 is 0. The highest BCUT2D eigenvalue weighted by Gasteiger charge is 2.45. The van der Waals surface area contributed by atoms with Gasteiger partial charge in [0.25, 0.3) is 10.2 Å². The van der Waals surface area contributed by atoms with Crippen LogP contribution in [0.2, 0.25) is 0 Å². The predicted molar refractivity (Wildman–Crippen MR) is 117 cm³/mol. The minimum absolute atomic E-state index is 0.0174. The van der Waals surface area contributed by atoms with Crippen molar-refractivity contribution < 1.29 is 35.6 Å². The quantitative estimate of drug-likeness (QED) is 0.559. The monoisotopic (exact) mass is 531 g/mol. The van der Waals surface area contributed by atoms with Crippen molar-refractivity contribution in [3.05, 3.63) is 35.1 Å². The van der Waals surface area contributed by atoms with Crippen molar-refractivity contribution in [2.24, 2.45) is 11.8 Å². The van der Waals surface area contributed by atoms with Gasteiger partial charge in [-0.05, 0) is 31.4 Å². The summed E-state index contributed by atoms with van der Waals surface area (Å²) in [6, 6.07) is 3.25. The van der Waals surface area contributed by atoms with Crippen molar-refractivity contribution in [3.8, 4) is 6.07 Å². The maximum Gasteiger partial charge on any atom is 0.416 e. The summed E-state index contributed by atoms with van der Waals surface area (Å²) in [5.41, 5.74) is -1.25. The minimum atomic E-state index is -4.68. The Morgan fingerprint density at radius 2 is 1.83 bits per heavy atom. The van der Waals surface area contributed by atoms with Crippen LogP contribution in [0, 0.1) is 29.0 Å². The molecule has 3 heterocycles.